The molecule has 0 bridgehead atoms. The van der Waals surface area contributed by atoms with Crippen LogP contribution in [0.25, 0.3) is 0 Å². The molecule has 1 rings (SSSR count). The van der Waals surface area contributed by atoms with E-state index in [0.717, 1.165) is 11.1 Å². The number of benzene rings is 1. The molecule has 0 N–H and O–H groups in total. The molecule has 0 nitrogen and oxygen atoms in total. The minimum atomic E-state index is 1.04. The molecular formula is C13H12. The van der Waals surface area contributed by atoms with Crippen molar-refractivity contribution >= 4 is 0 Å². The topological polar surface area (TPSA) is 0 Å². The summed E-state index contributed by atoms with van der Waals surface area (Å²) in [5.41, 5.74) is 2.12. The third-order valence-electron chi connectivity index (χ3n) is 1.61. The fraction of sp³-hybridized carbons (Fsp3) is 0.0769. The van der Waals surface area contributed by atoms with Gasteiger partial charge in [-0.05, 0) is 30.7 Å². The van der Waals surface area contributed by atoms with E-state index >= 15 is 0 Å². The summed E-state index contributed by atoms with van der Waals surface area (Å²) in [6.07, 6.45) is 3.65. The van der Waals surface area contributed by atoms with Crippen LogP contribution < -0.4 is 0 Å². The van der Waals surface area contributed by atoms with Gasteiger partial charge in [-0.3, -0.25) is 0 Å². The predicted octanol–water partition coefficient (Wildman–Crippen LogP) is 3.17. The maximum atomic E-state index is 3.65. The Balaban J connectivity index is 2.74. The van der Waals surface area contributed by atoms with E-state index in [0.29, 0.717) is 0 Å². The average Bonchev–Trinajstić information content (AvgIpc) is 2.19. The molecule has 0 heteroatoms. The molecule has 1 aromatic rings. The van der Waals surface area contributed by atoms with Gasteiger partial charge in [0.05, 0.1) is 0 Å². The third kappa shape index (κ3) is 3.44. The van der Waals surface area contributed by atoms with Crippen LogP contribution in [0.2, 0.25) is 0 Å². The molecule has 0 aliphatic carbocycles. The van der Waals surface area contributed by atoms with Crippen LogP contribution in [0.15, 0.2) is 54.6 Å². The van der Waals surface area contributed by atoms with Gasteiger partial charge < -0.3 is 0 Å². The van der Waals surface area contributed by atoms with E-state index in [1.54, 1.807) is 6.08 Å². The fourth-order valence-electron chi connectivity index (χ4n) is 0.814. The molecule has 0 spiro atoms. The summed E-state index contributed by atoms with van der Waals surface area (Å²) in [7, 11) is 0. The second-order valence-electron chi connectivity index (χ2n) is 2.73. The number of rotatable bonds is 1. The Kier molecular flexibility index (Phi) is 3.60. The molecular weight excluding hydrogens is 156 g/mol. The molecule has 0 aliphatic heterocycles. The first-order valence-electron chi connectivity index (χ1n) is 4.18. The van der Waals surface area contributed by atoms with Crippen LogP contribution in [-0.4, -0.2) is 0 Å². The molecule has 0 amide bonds. The molecule has 0 heterocycles. The van der Waals surface area contributed by atoms with Crippen molar-refractivity contribution in [3.63, 3.8) is 0 Å². The summed E-state index contributed by atoms with van der Waals surface area (Å²) in [5, 5.41) is 0. The summed E-state index contributed by atoms with van der Waals surface area (Å²) >= 11 is 0. The molecule has 0 saturated heterocycles. The summed E-state index contributed by atoms with van der Waals surface area (Å²) < 4.78 is 0. The normalized spacial score (nSPS) is 10.1. The Morgan fingerprint density at radius 2 is 2.00 bits per heavy atom. The van der Waals surface area contributed by atoms with Crippen LogP contribution in [0.3, 0.4) is 0 Å². The van der Waals surface area contributed by atoms with Crippen LogP contribution in [-0.2, 0) is 0 Å². The summed E-state index contributed by atoms with van der Waals surface area (Å²) in [4.78, 5) is 0. The van der Waals surface area contributed by atoms with Crippen molar-refractivity contribution in [2.45, 2.75) is 6.92 Å². The number of allylic oxidation sites excluding steroid dienone is 3. The van der Waals surface area contributed by atoms with Crippen molar-refractivity contribution in [2.24, 2.45) is 0 Å². The zero-order valence-electron chi connectivity index (χ0n) is 7.75. The maximum Gasteiger partial charge on any atom is 0.0248 e. The van der Waals surface area contributed by atoms with E-state index in [2.05, 4.69) is 18.4 Å². The highest BCUT2D eigenvalue weighted by atomic mass is 13.8. The molecule has 1 aromatic carbocycles. The molecule has 0 atom stereocenters. The van der Waals surface area contributed by atoms with Gasteiger partial charge in [0, 0.05) is 5.56 Å². The SMILES string of the molecule is C=C/C(C)=C\C#Cc1ccccc1. The fourth-order valence-corrected chi connectivity index (χ4v) is 0.814. The molecule has 0 aliphatic rings. The lowest BCUT2D eigenvalue weighted by atomic mass is 10.2. The lowest BCUT2D eigenvalue weighted by Crippen LogP contribution is -1.70. The standard InChI is InChI=1S/C13H12/c1-3-12(2)8-7-11-13-9-5-4-6-10-13/h3-6,8-10H,1H2,2H3/b12-8-. The highest BCUT2D eigenvalue weighted by molar-refractivity contribution is 5.38. The zero-order chi connectivity index (χ0) is 9.52. The maximum absolute atomic E-state index is 3.65. The highest BCUT2D eigenvalue weighted by Gasteiger charge is 1.79. The molecule has 0 fully saturated rings. The van der Waals surface area contributed by atoms with E-state index in [1.165, 1.54) is 0 Å². The van der Waals surface area contributed by atoms with Gasteiger partial charge >= 0.3 is 0 Å². The Morgan fingerprint density at radius 1 is 1.31 bits per heavy atom. The van der Waals surface area contributed by atoms with Gasteiger partial charge in [-0.2, -0.15) is 0 Å². The minimum absolute atomic E-state index is 1.04. The van der Waals surface area contributed by atoms with Crippen molar-refractivity contribution in [3.05, 3.63) is 60.2 Å². The smallest absolute Gasteiger partial charge is 0.0248 e. The molecule has 13 heavy (non-hydrogen) atoms. The second kappa shape index (κ2) is 5.00. The van der Waals surface area contributed by atoms with Gasteiger partial charge in [0.2, 0.25) is 0 Å². The predicted molar refractivity (Wildman–Crippen MR) is 57.3 cm³/mol. The first-order valence-corrected chi connectivity index (χ1v) is 4.18. The van der Waals surface area contributed by atoms with Gasteiger partial charge in [-0.15, -0.1) is 0 Å². The summed E-state index contributed by atoms with van der Waals surface area (Å²) in [6, 6.07) is 9.92. The van der Waals surface area contributed by atoms with Crippen molar-refractivity contribution in [2.75, 3.05) is 0 Å². The van der Waals surface area contributed by atoms with Crippen LogP contribution in [0.1, 0.15) is 12.5 Å². The van der Waals surface area contributed by atoms with Gasteiger partial charge in [0.15, 0.2) is 0 Å². The van der Waals surface area contributed by atoms with Crippen molar-refractivity contribution in [3.8, 4) is 11.8 Å². The van der Waals surface area contributed by atoms with E-state index in [-0.39, 0.29) is 0 Å². The van der Waals surface area contributed by atoms with Gasteiger partial charge in [-0.25, -0.2) is 0 Å². The zero-order valence-corrected chi connectivity index (χ0v) is 7.75. The lowest BCUT2D eigenvalue weighted by Gasteiger charge is -1.85. The first kappa shape index (κ1) is 9.35. The number of hydrogen-bond acceptors (Lipinski definition) is 0. The van der Waals surface area contributed by atoms with Crippen molar-refractivity contribution < 1.29 is 0 Å². The van der Waals surface area contributed by atoms with E-state index in [1.807, 2.05) is 43.3 Å². The molecule has 64 valence electrons. The largest absolute Gasteiger partial charge is 0.0988 e. The Morgan fingerprint density at radius 3 is 2.62 bits per heavy atom. The van der Waals surface area contributed by atoms with Crippen LogP contribution in [0, 0.1) is 11.8 Å². The minimum Gasteiger partial charge on any atom is -0.0988 e. The van der Waals surface area contributed by atoms with E-state index in [9.17, 15) is 0 Å². The highest BCUT2D eigenvalue weighted by Crippen LogP contribution is 1.95. The number of hydrogen-bond donors (Lipinski definition) is 0. The first-order chi connectivity index (χ1) is 6.33. The molecule has 0 unspecified atom stereocenters. The Bertz CT molecular complexity index is 358. The second-order valence-corrected chi connectivity index (χ2v) is 2.73. The van der Waals surface area contributed by atoms with Gasteiger partial charge in [0.25, 0.3) is 0 Å². The third-order valence-corrected chi connectivity index (χ3v) is 1.61. The Hall–Kier alpha value is -1.74. The average molecular weight is 168 g/mol. The van der Waals surface area contributed by atoms with Crippen molar-refractivity contribution in [1.82, 2.24) is 0 Å². The quantitative estimate of drug-likeness (QED) is 0.446. The van der Waals surface area contributed by atoms with Crippen LogP contribution in [0.5, 0.6) is 0 Å². The van der Waals surface area contributed by atoms with Crippen molar-refractivity contribution in [1.29, 1.82) is 0 Å². The Labute approximate surface area is 79.6 Å². The van der Waals surface area contributed by atoms with E-state index < -0.39 is 0 Å². The summed E-state index contributed by atoms with van der Waals surface area (Å²) in [5.74, 6) is 6.00. The van der Waals surface area contributed by atoms with Crippen LogP contribution in [0.4, 0.5) is 0 Å². The van der Waals surface area contributed by atoms with E-state index in [4.69, 9.17) is 0 Å². The van der Waals surface area contributed by atoms with Crippen LogP contribution >= 0.6 is 0 Å². The van der Waals surface area contributed by atoms with Gasteiger partial charge in [0.1, 0.15) is 0 Å². The van der Waals surface area contributed by atoms with Gasteiger partial charge in [-0.1, -0.05) is 42.7 Å². The monoisotopic (exact) mass is 168 g/mol. The molecule has 0 saturated carbocycles. The molecule has 0 radical (unpaired) electrons. The molecule has 0 aromatic heterocycles. The summed E-state index contributed by atoms with van der Waals surface area (Å²) in [6.45, 7) is 5.63. The lowest BCUT2D eigenvalue weighted by molar-refractivity contribution is 1.55.